The standard InChI is InChI=1S/C15H11FO3/c1-2-3-10-18-15(17)14-9-8-13(19-14)11-4-6-12(16)7-5-11/h1,4-9H,3,10H2. The topological polar surface area (TPSA) is 39.4 Å². The lowest BCUT2D eigenvalue weighted by molar-refractivity contribution is 0.0478. The molecule has 0 radical (unpaired) electrons. The van der Waals surface area contributed by atoms with Crippen LogP contribution in [0.25, 0.3) is 11.3 Å². The van der Waals surface area contributed by atoms with Gasteiger partial charge >= 0.3 is 5.97 Å². The van der Waals surface area contributed by atoms with Crippen LogP contribution in [0, 0.1) is 18.2 Å². The van der Waals surface area contributed by atoms with Crippen LogP contribution in [0.2, 0.25) is 0 Å². The van der Waals surface area contributed by atoms with Crippen molar-refractivity contribution in [2.75, 3.05) is 6.61 Å². The van der Waals surface area contributed by atoms with Gasteiger partial charge in [-0.2, -0.15) is 0 Å². The average Bonchev–Trinajstić information content (AvgIpc) is 2.89. The second kappa shape index (κ2) is 5.87. The second-order valence-electron chi connectivity index (χ2n) is 3.76. The third-order valence-electron chi connectivity index (χ3n) is 2.42. The van der Waals surface area contributed by atoms with Crippen molar-refractivity contribution in [1.82, 2.24) is 0 Å². The minimum absolute atomic E-state index is 0.0938. The van der Waals surface area contributed by atoms with E-state index in [-0.39, 0.29) is 18.2 Å². The van der Waals surface area contributed by atoms with E-state index >= 15 is 0 Å². The third kappa shape index (κ3) is 3.23. The molecule has 3 nitrogen and oxygen atoms in total. The maximum absolute atomic E-state index is 12.8. The summed E-state index contributed by atoms with van der Waals surface area (Å²) in [6.07, 6.45) is 5.41. The van der Waals surface area contributed by atoms with E-state index in [0.29, 0.717) is 17.7 Å². The molecule has 2 aromatic rings. The molecule has 96 valence electrons. The summed E-state index contributed by atoms with van der Waals surface area (Å²) in [4.78, 5) is 11.6. The van der Waals surface area contributed by atoms with Gasteiger partial charge in [-0.1, -0.05) is 0 Å². The fourth-order valence-electron chi connectivity index (χ4n) is 1.49. The number of carbonyl (C=O) groups is 1. The maximum Gasteiger partial charge on any atom is 0.374 e. The molecule has 0 spiro atoms. The Bertz CT molecular complexity index is 605. The smallest absolute Gasteiger partial charge is 0.374 e. The van der Waals surface area contributed by atoms with Gasteiger partial charge in [-0.15, -0.1) is 12.3 Å². The van der Waals surface area contributed by atoms with Crippen LogP contribution < -0.4 is 0 Å². The molecule has 0 unspecified atom stereocenters. The van der Waals surface area contributed by atoms with Gasteiger partial charge in [-0.25, -0.2) is 9.18 Å². The van der Waals surface area contributed by atoms with E-state index in [1.54, 1.807) is 18.2 Å². The fraction of sp³-hybridized carbons (Fsp3) is 0.133. The van der Waals surface area contributed by atoms with Gasteiger partial charge in [0, 0.05) is 12.0 Å². The number of carbonyl (C=O) groups excluding carboxylic acids is 1. The van der Waals surface area contributed by atoms with E-state index < -0.39 is 5.97 Å². The first-order valence-corrected chi connectivity index (χ1v) is 5.67. The van der Waals surface area contributed by atoms with Crippen molar-refractivity contribution in [2.24, 2.45) is 0 Å². The number of ether oxygens (including phenoxy) is 1. The van der Waals surface area contributed by atoms with Gasteiger partial charge in [0.15, 0.2) is 0 Å². The van der Waals surface area contributed by atoms with Gasteiger partial charge in [0.05, 0.1) is 0 Å². The molecule has 0 aliphatic rings. The van der Waals surface area contributed by atoms with Gasteiger partial charge in [-0.3, -0.25) is 0 Å². The number of hydrogen-bond donors (Lipinski definition) is 0. The highest BCUT2D eigenvalue weighted by Crippen LogP contribution is 2.22. The Kier molecular flexibility index (Phi) is 3.99. The number of terminal acetylenes is 1. The minimum Gasteiger partial charge on any atom is -0.459 e. The highest BCUT2D eigenvalue weighted by molar-refractivity contribution is 5.87. The van der Waals surface area contributed by atoms with Crippen molar-refractivity contribution >= 4 is 5.97 Å². The zero-order valence-corrected chi connectivity index (χ0v) is 10.1. The van der Waals surface area contributed by atoms with Gasteiger partial charge in [0.1, 0.15) is 18.2 Å². The molecule has 0 N–H and O–H groups in total. The monoisotopic (exact) mass is 258 g/mol. The highest BCUT2D eigenvalue weighted by atomic mass is 19.1. The lowest BCUT2D eigenvalue weighted by Crippen LogP contribution is -2.04. The molecule has 0 atom stereocenters. The molecule has 0 saturated heterocycles. The third-order valence-corrected chi connectivity index (χ3v) is 2.42. The summed E-state index contributed by atoms with van der Waals surface area (Å²) in [5, 5.41) is 0. The summed E-state index contributed by atoms with van der Waals surface area (Å²) in [6.45, 7) is 0.155. The van der Waals surface area contributed by atoms with Crippen LogP contribution in [0.5, 0.6) is 0 Å². The highest BCUT2D eigenvalue weighted by Gasteiger charge is 2.13. The van der Waals surface area contributed by atoms with Crippen molar-refractivity contribution in [1.29, 1.82) is 0 Å². The lowest BCUT2D eigenvalue weighted by atomic mass is 10.2. The SMILES string of the molecule is C#CCCOC(=O)c1ccc(-c2ccc(F)cc2)o1. The Hall–Kier alpha value is -2.54. The Balaban J connectivity index is 2.08. The number of rotatable bonds is 4. The van der Waals surface area contributed by atoms with Crippen molar-refractivity contribution in [3.05, 3.63) is 48.0 Å². The largest absolute Gasteiger partial charge is 0.459 e. The molecule has 1 aromatic heterocycles. The molecule has 0 amide bonds. The Labute approximate surface area is 110 Å². The second-order valence-corrected chi connectivity index (χ2v) is 3.76. The molecule has 0 saturated carbocycles. The molecule has 0 aliphatic carbocycles. The van der Waals surface area contributed by atoms with Crippen LogP contribution >= 0.6 is 0 Å². The maximum atomic E-state index is 12.8. The summed E-state index contributed by atoms with van der Waals surface area (Å²) in [7, 11) is 0. The molecule has 0 aliphatic heterocycles. The van der Waals surface area contributed by atoms with Gasteiger partial charge in [-0.05, 0) is 36.4 Å². The van der Waals surface area contributed by atoms with Gasteiger partial charge < -0.3 is 9.15 Å². The first kappa shape index (κ1) is 12.9. The van der Waals surface area contributed by atoms with Crippen molar-refractivity contribution in [2.45, 2.75) is 6.42 Å². The summed E-state index contributed by atoms with van der Waals surface area (Å²) in [5.41, 5.74) is 0.684. The van der Waals surface area contributed by atoms with Crippen LogP contribution in [0.15, 0.2) is 40.8 Å². The number of furan rings is 1. The van der Waals surface area contributed by atoms with E-state index in [1.807, 2.05) is 0 Å². The molecule has 19 heavy (non-hydrogen) atoms. The Morgan fingerprint density at radius 2 is 2.00 bits per heavy atom. The van der Waals surface area contributed by atoms with E-state index in [2.05, 4.69) is 5.92 Å². The number of esters is 1. The number of hydrogen-bond acceptors (Lipinski definition) is 3. The minimum atomic E-state index is -0.566. The lowest BCUT2D eigenvalue weighted by Gasteiger charge is -1.99. The molecular weight excluding hydrogens is 247 g/mol. The van der Waals surface area contributed by atoms with Crippen LogP contribution in [0.1, 0.15) is 17.0 Å². The molecule has 2 rings (SSSR count). The number of halogens is 1. The number of benzene rings is 1. The van der Waals surface area contributed by atoms with E-state index in [4.69, 9.17) is 15.6 Å². The molecule has 1 aromatic carbocycles. The predicted molar refractivity (Wildman–Crippen MR) is 67.8 cm³/mol. The summed E-state index contributed by atoms with van der Waals surface area (Å²) < 4.78 is 23.0. The molecular formula is C15H11FO3. The molecule has 0 bridgehead atoms. The molecule has 4 heteroatoms. The molecule has 0 fully saturated rings. The molecule has 1 heterocycles. The predicted octanol–water partition coefficient (Wildman–Crippen LogP) is 3.27. The summed E-state index contributed by atoms with van der Waals surface area (Å²) in [6, 6.07) is 8.93. The Morgan fingerprint density at radius 3 is 2.68 bits per heavy atom. The normalized spacial score (nSPS) is 9.89. The van der Waals surface area contributed by atoms with E-state index in [9.17, 15) is 9.18 Å². The zero-order chi connectivity index (χ0) is 13.7. The van der Waals surface area contributed by atoms with Crippen molar-refractivity contribution < 1.29 is 18.3 Å². The van der Waals surface area contributed by atoms with Crippen LogP contribution in [-0.4, -0.2) is 12.6 Å². The van der Waals surface area contributed by atoms with Gasteiger partial charge in [0.25, 0.3) is 0 Å². The average molecular weight is 258 g/mol. The van der Waals surface area contributed by atoms with E-state index in [1.165, 1.54) is 18.2 Å². The quantitative estimate of drug-likeness (QED) is 0.480. The van der Waals surface area contributed by atoms with E-state index in [0.717, 1.165) is 0 Å². The summed E-state index contributed by atoms with van der Waals surface area (Å²) in [5.74, 6) is 2.04. The fourth-order valence-corrected chi connectivity index (χ4v) is 1.49. The zero-order valence-electron chi connectivity index (χ0n) is 10.1. The van der Waals surface area contributed by atoms with Gasteiger partial charge in [0.2, 0.25) is 5.76 Å². The first-order chi connectivity index (χ1) is 9.20. The first-order valence-electron chi connectivity index (χ1n) is 5.67. The van der Waals surface area contributed by atoms with Crippen molar-refractivity contribution in [3.8, 4) is 23.7 Å². The van der Waals surface area contributed by atoms with Crippen LogP contribution in [0.4, 0.5) is 4.39 Å². The van der Waals surface area contributed by atoms with Crippen LogP contribution in [0.3, 0.4) is 0 Å². The summed E-state index contributed by atoms with van der Waals surface area (Å²) >= 11 is 0. The van der Waals surface area contributed by atoms with Crippen molar-refractivity contribution in [3.63, 3.8) is 0 Å². The van der Waals surface area contributed by atoms with Crippen LogP contribution in [-0.2, 0) is 4.74 Å². The Morgan fingerprint density at radius 1 is 1.26 bits per heavy atom.